The van der Waals surface area contributed by atoms with Crippen molar-refractivity contribution in [3.8, 4) is 0 Å². The first-order chi connectivity index (χ1) is 13.3. The van der Waals surface area contributed by atoms with E-state index in [1.807, 2.05) is 13.8 Å². The van der Waals surface area contributed by atoms with Crippen LogP contribution in [0.25, 0.3) is 0 Å². The van der Waals surface area contributed by atoms with Crippen LogP contribution in [0.3, 0.4) is 0 Å². The van der Waals surface area contributed by atoms with Crippen molar-refractivity contribution in [2.24, 2.45) is 5.73 Å². The summed E-state index contributed by atoms with van der Waals surface area (Å²) in [5.74, 6) is -0.757. The smallest absolute Gasteiger partial charge is 0.253 e. The molecule has 2 rings (SSSR count). The largest absolute Gasteiger partial charge is 0.374 e. The summed E-state index contributed by atoms with van der Waals surface area (Å²) < 4.78 is 0. The summed E-state index contributed by atoms with van der Waals surface area (Å²) in [5, 5.41) is 5.88. The number of nitrogens with one attached hydrogen (secondary N) is 2. The van der Waals surface area contributed by atoms with E-state index in [4.69, 9.17) is 5.73 Å². The van der Waals surface area contributed by atoms with Crippen molar-refractivity contribution in [1.29, 1.82) is 0 Å². The second-order valence-electron chi connectivity index (χ2n) is 6.35. The minimum atomic E-state index is -0.518. The van der Waals surface area contributed by atoms with Gasteiger partial charge in [0, 0.05) is 35.6 Å². The van der Waals surface area contributed by atoms with Crippen molar-refractivity contribution >= 4 is 29.1 Å². The maximum Gasteiger partial charge on any atom is 0.253 e. The Kier molecular flexibility index (Phi) is 7.14. The van der Waals surface area contributed by atoms with Crippen LogP contribution in [-0.4, -0.2) is 41.8 Å². The number of hydrogen-bond acceptors (Lipinski definition) is 4. The molecule has 2 aromatic carbocycles. The number of hydrogen-bond donors (Lipinski definition) is 3. The van der Waals surface area contributed by atoms with Gasteiger partial charge in [-0.05, 0) is 69.3 Å². The Morgan fingerprint density at radius 1 is 0.893 bits per heavy atom. The monoisotopic (exact) mass is 382 g/mol. The zero-order valence-electron chi connectivity index (χ0n) is 16.4. The standard InChI is InChI=1S/C21H26N4O3/c1-4-25(5-2)21(28)16-8-12-17(13-9-16)23-14(3)20(27)24-18-10-6-15(7-11-18)19(22)26/h6-14,23H,4-5H2,1-3H3,(H2,22,26)(H,24,27). The highest BCUT2D eigenvalue weighted by molar-refractivity contribution is 5.98. The number of carbonyl (C=O) groups is 3. The second kappa shape index (κ2) is 9.55. The molecule has 0 aliphatic carbocycles. The lowest BCUT2D eigenvalue weighted by molar-refractivity contribution is -0.116. The van der Waals surface area contributed by atoms with Gasteiger partial charge in [-0.25, -0.2) is 0 Å². The zero-order valence-corrected chi connectivity index (χ0v) is 16.4. The van der Waals surface area contributed by atoms with E-state index < -0.39 is 11.9 Å². The van der Waals surface area contributed by atoms with Crippen LogP contribution < -0.4 is 16.4 Å². The number of primary amides is 1. The number of anilines is 2. The molecule has 2 aromatic rings. The van der Waals surface area contributed by atoms with Crippen molar-refractivity contribution in [3.05, 3.63) is 59.7 Å². The summed E-state index contributed by atoms with van der Waals surface area (Å²) in [7, 11) is 0. The third kappa shape index (κ3) is 5.33. The maximum absolute atomic E-state index is 12.4. The molecular weight excluding hydrogens is 356 g/mol. The minimum absolute atomic E-state index is 0.0123. The molecule has 3 amide bonds. The highest BCUT2D eigenvalue weighted by atomic mass is 16.2. The van der Waals surface area contributed by atoms with Crippen molar-refractivity contribution in [3.63, 3.8) is 0 Å². The molecule has 0 saturated heterocycles. The SMILES string of the molecule is CCN(CC)C(=O)c1ccc(NC(C)C(=O)Nc2ccc(C(N)=O)cc2)cc1. The molecule has 0 radical (unpaired) electrons. The Morgan fingerprint density at radius 3 is 1.89 bits per heavy atom. The molecule has 4 N–H and O–H groups in total. The van der Waals surface area contributed by atoms with Gasteiger partial charge in [0.05, 0.1) is 0 Å². The lowest BCUT2D eigenvalue weighted by Gasteiger charge is -2.19. The molecular formula is C21H26N4O3. The Balaban J connectivity index is 1.96. The summed E-state index contributed by atoms with van der Waals surface area (Å²) in [6, 6.07) is 12.9. The molecule has 0 aromatic heterocycles. The first kappa shape index (κ1) is 21.0. The average Bonchev–Trinajstić information content (AvgIpc) is 2.69. The van der Waals surface area contributed by atoms with Crippen LogP contribution in [0.4, 0.5) is 11.4 Å². The van der Waals surface area contributed by atoms with E-state index in [2.05, 4.69) is 10.6 Å². The fraction of sp³-hybridized carbons (Fsp3) is 0.286. The minimum Gasteiger partial charge on any atom is -0.374 e. The molecule has 0 spiro atoms. The number of amides is 3. The number of nitrogens with two attached hydrogens (primary N) is 1. The maximum atomic E-state index is 12.4. The van der Waals surface area contributed by atoms with Crippen molar-refractivity contribution in [2.45, 2.75) is 26.8 Å². The molecule has 0 heterocycles. The van der Waals surface area contributed by atoms with Crippen molar-refractivity contribution in [1.82, 2.24) is 4.90 Å². The van der Waals surface area contributed by atoms with Gasteiger partial charge < -0.3 is 21.3 Å². The summed E-state index contributed by atoms with van der Waals surface area (Å²) in [4.78, 5) is 37.5. The van der Waals surface area contributed by atoms with Crippen LogP contribution in [0.5, 0.6) is 0 Å². The van der Waals surface area contributed by atoms with Gasteiger partial charge in [0.15, 0.2) is 0 Å². The molecule has 0 saturated carbocycles. The molecule has 28 heavy (non-hydrogen) atoms. The van der Waals surface area contributed by atoms with Crippen LogP contribution in [0, 0.1) is 0 Å². The Labute approximate surface area is 164 Å². The molecule has 0 aliphatic heterocycles. The third-order valence-electron chi connectivity index (χ3n) is 4.40. The van der Waals surface area contributed by atoms with E-state index in [9.17, 15) is 14.4 Å². The zero-order chi connectivity index (χ0) is 20.7. The normalized spacial score (nSPS) is 11.4. The van der Waals surface area contributed by atoms with Crippen molar-refractivity contribution in [2.75, 3.05) is 23.7 Å². The van der Waals surface area contributed by atoms with Gasteiger partial charge in [0.25, 0.3) is 5.91 Å². The van der Waals surface area contributed by atoms with Gasteiger partial charge >= 0.3 is 0 Å². The molecule has 0 bridgehead atoms. The fourth-order valence-corrected chi connectivity index (χ4v) is 2.69. The van der Waals surface area contributed by atoms with Crippen LogP contribution in [-0.2, 0) is 4.79 Å². The number of benzene rings is 2. The van der Waals surface area contributed by atoms with E-state index in [0.29, 0.717) is 29.9 Å². The van der Waals surface area contributed by atoms with Gasteiger partial charge in [0.2, 0.25) is 11.8 Å². The molecule has 0 fully saturated rings. The third-order valence-corrected chi connectivity index (χ3v) is 4.40. The Bertz CT molecular complexity index is 828. The van der Waals surface area contributed by atoms with E-state index in [1.165, 1.54) is 0 Å². The van der Waals surface area contributed by atoms with E-state index in [0.717, 1.165) is 5.69 Å². The molecule has 7 nitrogen and oxygen atoms in total. The number of carbonyl (C=O) groups excluding carboxylic acids is 3. The first-order valence-electron chi connectivity index (χ1n) is 9.22. The van der Waals surface area contributed by atoms with Crippen LogP contribution in [0.1, 0.15) is 41.5 Å². The van der Waals surface area contributed by atoms with Gasteiger partial charge in [0.1, 0.15) is 6.04 Å². The predicted molar refractivity (Wildman–Crippen MR) is 110 cm³/mol. The van der Waals surface area contributed by atoms with Gasteiger partial charge in [-0.15, -0.1) is 0 Å². The predicted octanol–water partition coefficient (Wildman–Crippen LogP) is 2.71. The van der Waals surface area contributed by atoms with Crippen LogP contribution in [0.15, 0.2) is 48.5 Å². The highest BCUT2D eigenvalue weighted by Crippen LogP contribution is 2.14. The number of nitrogens with zero attached hydrogens (tertiary/aromatic N) is 1. The van der Waals surface area contributed by atoms with Crippen LogP contribution in [0.2, 0.25) is 0 Å². The fourth-order valence-electron chi connectivity index (χ4n) is 2.69. The molecule has 148 valence electrons. The Hall–Kier alpha value is -3.35. The van der Waals surface area contributed by atoms with Crippen molar-refractivity contribution < 1.29 is 14.4 Å². The number of rotatable bonds is 8. The van der Waals surface area contributed by atoms with E-state index >= 15 is 0 Å². The van der Waals surface area contributed by atoms with Gasteiger partial charge in [-0.3, -0.25) is 14.4 Å². The summed E-state index contributed by atoms with van der Waals surface area (Å²) >= 11 is 0. The summed E-state index contributed by atoms with van der Waals surface area (Å²) in [6.07, 6.45) is 0. The van der Waals surface area contributed by atoms with Gasteiger partial charge in [-0.1, -0.05) is 0 Å². The van der Waals surface area contributed by atoms with E-state index in [-0.39, 0.29) is 11.8 Å². The van der Waals surface area contributed by atoms with Gasteiger partial charge in [-0.2, -0.15) is 0 Å². The Morgan fingerprint density at radius 2 is 1.39 bits per heavy atom. The molecule has 0 aliphatic rings. The second-order valence-corrected chi connectivity index (χ2v) is 6.35. The molecule has 7 heteroatoms. The lowest BCUT2D eigenvalue weighted by atomic mass is 10.1. The first-order valence-corrected chi connectivity index (χ1v) is 9.22. The molecule has 1 unspecified atom stereocenters. The topological polar surface area (TPSA) is 105 Å². The lowest BCUT2D eigenvalue weighted by Crippen LogP contribution is -2.32. The van der Waals surface area contributed by atoms with E-state index in [1.54, 1.807) is 60.4 Å². The summed E-state index contributed by atoms with van der Waals surface area (Å²) in [6.45, 7) is 6.94. The molecule has 1 atom stereocenters. The highest BCUT2D eigenvalue weighted by Gasteiger charge is 2.15. The quantitative estimate of drug-likeness (QED) is 0.653. The summed E-state index contributed by atoms with van der Waals surface area (Å²) in [5.41, 5.74) is 7.50. The average molecular weight is 382 g/mol. The van der Waals surface area contributed by atoms with Crippen LogP contribution >= 0.6 is 0 Å².